The summed E-state index contributed by atoms with van der Waals surface area (Å²) in [6.07, 6.45) is 2.57. The Bertz CT molecular complexity index is 574. The maximum absolute atomic E-state index is 12.8. The summed E-state index contributed by atoms with van der Waals surface area (Å²) in [5.74, 6) is -0.805. The Labute approximate surface area is 141 Å². The highest BCUT2D eigenvalue weighted by Gasteiger charge is 2.33. The number of nitrogens with zero attached hydrogens (tertiary/aromatic N) is 1. The monoisotopic (exact) mass is 336 g/mol. The van der Waals surface area contributed by atoms with E-state index in [1.54, 1.807) is 17.0 Å². The van der Waals surface area contributed by atoms with Gasteiger partial charge in [-0.25, -0.2) is 0 Å². The topological polar surface area (TPSA) is 88.9 Å². The Kier molecular flexibility index (Phi) is 6.00. The zero-order valence-electron chi connectivity index (χ0n) is 14.3. The van der Waals surface area contributed by atoms with E-state index in [2.05, 4.69) is 5.32 Å². The van der Waals surface area contributed by atoms with E-state index >= 15 is 0 Å². The molecular weight excluding hydrogens is 312 g/mol. The predicted octanol–water partition coefficient (Wildman–Crippen LogP) is 1.45. The van der Waals surface area contributed by atoms with Crippen molar-refractivity contribution in [2.45, 2.75) is 32.7 Å². The molecule has 2 rings (SSSR count). The molecule has 1 aliphatic heterocycles. The number of hydrogen-bond donors (Lipinski definition) is 1. The molecule has 132 valence electrons. The first-order chi connectivity index (χ1) is 11.4. The number of nitrogens with one attached hydrogen (secondary N) is 1. The van der Waals surface area contributed by atoms with Crippen molar-refractivity contribution in [1.82, 2.24) is 10.2 Å². The molecule has 0 spiro atoms. The number of furan rings is 1. The van der Waals surface area contributed by atoms with Gasteiger partial charge in [0.1, 0.15) is 6.04 Å². The summed E-state index contributed by atoms with van der Waals surface area (Å²) >= 11 is 0. The van der Waals surface area contributed by atoms with Crippen molar-refractivity contribution < 1.29 is 23.5 Å². The molecule has 1 aromatic heterocycles. The number of hydrogen-bond acceptors (Lipinski definition) is 5. The third-order valence-corrected chi connectivity index (χ3v) is 4.31. The molecule has 0 saturated carbocycles. The Hall–Kier alpha value is -2.31. The first-order valence-corrected chi connectivity index (χ1v) is 8.15. The van der Waals surface area contributed by atoms with E-state index in [4.69, 9.17) is 9.15 Å². The average Bonchev–Trinajstić information content (AvgIpc) is 3.12. The van der Waals surface area contributed by atoms with Crippen molar-refractivity contribution in [2.75, 3.05) is 20.2 Å². The third-order valence-electron chi connectivity index (χ3n) is 4.31. The summed E-state index contributed by atoms with van der Waals surface area (Å²) in [6, 6.07) is 2.55. The van der Waals surface area contributed by atoms with Gasteiger partial charge in [-0.3, -0.25) is 14.4 Å². The smallest absolute Gasteiger partial charge is 0.308 e. The highest BCUT2D eigenvalue weighted by atomic mass is 16.5. The molecule has 1 N–H and O–H groups in total. The Morgan fingerprint density at radius 2 is 1.96 bits per heavy atom. The number of esters is 1. The molecular formula is C17H24N2O5. The second-order valence-electron chi connectivity index (χ2n) is 6.30. The minimum absolute atomic E-state index is 0.0604. The summed E-state index contributed by atoms with van der Waals surface area (Å²) in [6.45, 7) is 4.73. The second kappa shape index (κ2) is 7.99. The molecule has 0 aromatic carbocycles. The fourth-order valence-corrected chi connectivity index (χ4v) is 2.83. The maximum atomic E-state index is 12.8. The number of likely N-dealkylation sites (tertiary alicyclic amines) is 1. The minimum Gasteiger partial charge on any atom is -0.469 e. The van der Waals surface area contributed by atoms with Crippen molar-refractivity contribution >= 4 is 17.8 Å². The van der Waals surface area contributed by atoms with Gasteiger partial charge in [0.2, 0.25) is 5.91 Å². The molecule has 1 fully saturated rings. The van der Waals surface area contributed by atoms with E-state index in [1.807, 2.05) is 13.8 Å². The van der Waals surface area contributed by atoms with Crippen LogP contribution >= 0.6 is 0 Å². The lowest BCUT2D eigenvalue weighted by atomic mass is 9.95. The van der Waals surface area contributed by atoms with Crippen molar-refractivity contribution in [3.05, 3.63) is 24.2 Å². The lowest BCUT2D eigenvalue weighted by Gasteiger charge is -2.34. The summed E-state index contributed by atoms with van der Waals surface area (Å²) in [5.41, 5.74) is 0. The SMILES string of the molecule is COC(=O)C1CCN(C(=O)[C@@H](NC(=O)c2ccco2)C(C)C)CC1. The van der Waals surface area contributed by atoms with E-state index in [-0.39, 0.29) is 29.5 Å². The molecule has 0 bridgehead atoms. The standard InChI is InChI=1S/C17H24N2O5/c1-11(2)14(18-15(20)13-5-4-10-24-13)16(21)19-8-6-12(7-9-19)17(22)23-3/h4-5,10-12,14H,6-9H2,1-3H3,(H,18,20)/t14-/m0/s1. The molecule has 2 amide bonds. The largest absolute Gasteiger partial charge is 0.469 e. The third kappa shape index (κ3) is 4.15. The molecule has 1 atom stereocenters. The van der Waals surface area contributed by atoms with Gasteiger partial charge in [0.05, 0.1) is 19.3 Å². The summed E-state index contributed by atoms with van der Waals surface area (Å²) in [7, 11) is 1.37. The van der Waals surface area contributed by atoms with Gasteiger partial charge in [-0.05, 0) is 30.9 Å². The van der Waals surface area contributed by atoms with Crippen molar-refractivity contribution in [3.8, 4) is 0 Å². The van der Waals surface area contributed by atoms with Crippen LogP contribution in [0.4, 0.5) is 0 Å². The van der Waals surface area contributed by atoms with E-state index in [0.29, 0.717) is 25.9 Å². The zero-order chi connectivity index (χ0) is 17.7. The molecule has 0 radical (unpaired) electrons. The van der Waals surface area contributed by atoms with Gasteiger partial charge in [-0.2, -0.15) is 0 Å². The molecule has 2 heterocycles. The van der Waals surface area contributed by atoms with Crippen LogP contribution in [0.5, 0.6) is 0 Å². The van der Waals surface area contributed by atoms with Gasteiger partial charge in [0.15, 0.2) is 5.76 Å². The van der Waals surface area contributed by atoms with Crippen LogP contribution in [-0.4, -0.2) is 48.9 Å². The highest BCUT2D eigenvalue weighted by molar-refractivity contribution is 5.95. The first-order valence-electron chi connectivity index (χ1n) is 8.15. The Morgan fingerprint density at radius 3 is 2.46 bits per heavy atom. The lowest BCUT2D eigenvalue weighted by molar-refractivity contribution is -0.149. The van der Waals surface area contributed by atoms with Crippen LogP contribution in [0.2, 0.25) is 0 Å². The van der Waals surface area contributed by atoms with Crippen molar-refractivity contribution in [2.24, 2.45) is 11.8 Å². The number of carbonyl (C=O) groups is 3. The number of methoxy groups -OCH3 is 1. The molecule has 0 unspecified atom stereocenters. The van der Waals surface area contributed by atoms with E-state index < -0.39 is 11.9 Å². The van der Waals surface area contributed by atoms with E-state index in [1.165, 1.54) is 13.4 Å². The first kappa shape index (κ1) is 18.0. The Balaban J connectivity index is 1.97. The van der Waals surface area contributed by atoms with Gasteiger partial charge in [-0.1, -0.05) is 13.8 Å². The van der Waals surface area contributed by atoms with Gasteiger partial charge in [-0.15, -0.1) is 0 Å². The average molecular weight is 336 g/mol. The van der Waals surface area contributed by atoms with Crippen LogP contribution < -0.4 is 5.32 Å². The molecule has 1 saturated heterocycles. The lowest BCUT2D eigenvalue weighted by Crippen LogP contribution is -2.53. The summed E-state index contributed by atoms with van der Waals surface area (Å²) in [5, 5.41) is 2.75. The molecule has 24 heavy (non-hydrogen) atoms. The molecule has 7 heteroatoms. The predicted molar refractivity (Wildman–Crippen MR) is 86.1 cm³/mol. The van der Waals surface area contributed by atoms with Gasteiger partial charge in [0.25, 0.3) is 5.91 Å². The Morgan fingerprint density at radius 1 is 1.29 bits per heavy atom. The number of rotatable bonds is 5. The van der Waals surface area contributed by atoms with E-state index in [0.717, 1.165) is 0 Å². The number of amides is 2. The summed E-state index contributed by atoms with van der Waals surface area (Å²) < 4.78 is 9.82. The quantitative estimate of drug-likeness (QED) is 0.822. The van der Waals surface area contributed by atoms with Gasteiger partial charge in [0, 0.05) is 13.1 Å². The number of carbonyl (C=O) groups excluding carboxylic acids is 3. The minimum atomic E-state index is -0.628. The van der Waals surface area contributed by atoms with Crippen LogP contribution in [0.25, 0.3) is 0 Å². The van der Waals surface area contributed by atoms with Gasteiger partial charge < -0.3 is 19.4 Å². The molecule has 1 aromatic rings. The van der Waals surface area contributed by atoms with Crippen LogP contribution in [0.15, 0.2) is 22.8 Å². The van der Waals surface area contributed by atoms with Crippen LogP contribution in [0, 0.1) is 11.8 Å². The van der Waals surface area contributed by atoms with Crippen LogP contribution in [0.3, 0.4) is 0 Å². The fraction of sp³-hybridized carbons (Fsp3) is 0.588. The maximum Gasteiger partial charge on any atom is 0.308 e. The fourth-order valence-electron chi connectivity index (χ4n) is 2.83. The number of ether oxygens (including phenoxy) is 1. The normalized spacial score (nSPS) is 16.8. The molecule has 0 aliphatic carbocycles. The molecule has 1 aliphatic rings. The van der Waals surface area contributed by atoms with E-state index in [9.17, 15) is 14.4 Å². The molecule has 7 nitrogen and oxygen atoms in total. The van der Waals surface area contributed by atoms with Gasteiger partial charge >= 0.3 is 5.97 Å². The van der Waals surface area contributed by atoms with Crippen molar-refractivity contribution in [3.63, 3.8) is 0 Å². The summed E-state index contributed by atoms with van der Waals surface area (Å²) in [4.78, 5) is 38.2. The number of piperidine rings is 1. The van der Waals surface area contributed by atoms with Crippen LogP contribution in [-0.2, 0) is 14.3 Å². The van der Waals surface area contributed by atoms with Crippen LogP contribution in [0.1, 0.15) is 37.2 Å². The van der Waals surface area contributed by atoms with Crippen molar-refractivity contribution in [1.29, 1.82) is 0 Å². The highest BCUT2D eigenvalue weighted by Crippen LogP contribution is 2.20. The second-order valence-corrected chi connectivity index (χ2v) is 6.30. The zero-order valence-corrected chi connectivity index (χ0v) is 14.3.